The first-order chi connectivity index (χ1) is 16.3. The van der Waals surface area contributed by atoms with Crippen molar-refractivity contribution in [2.45, 2.75) is 38.8 Å². The van der Waals surface area contributed by atoms with E-state index >= 15 is 0 Å². The van der Waals surface area contributed by atoms with Gasteiger partial charge in [0.2, 0.25) is 5.95 Å². The van der Waals surface area contributed by atoms with Crippen molar-refractivity contribution < 1.29 is 17.9 Å². The molecule has 2 aliphatic rings. The number of benzene rings is 1. The molecule has 0 spiro atoms. The van der Waals surface area contributed by atoms with E-state index in [9.17, 15) is 13.2 Å². The fourth-order valence-corrected chi connectivity index (χ4v) is 5.03. The van der Waals surface area contributed by atoms with E-state index in [4.69, 9.17) is 16.3 Å². The lowest BCUT2D eigenvalue weighted by Gasteiger charge is -2.38. The third kappa shape index (κ3) is 4.89. The minimum atomic E-state index is -2.66. The summed E-state index contributed by atoms with van der Waals surface area (Å²) in [4.78, 5) is 15.1. The predicted molar refractivity (Wildman–Crippen MR) is 120 cm³/mol. The Hall–Kier alpha value is -3.08. The molecule has 1 saturated heterocycles. The van der Waals surface area contributed by atoms with Crippen LogP contribution in [0.3, 0.4) is 0 Å². The smallest absolute Gasteiger partial charge is 0.322 e. The highest BCUT2D eigenvalue weighted by Crippen LogP contribution is 2.40. The highest BCUT2D eigenvalue weighted by atomic mass is 35.5. The maximum Gasteiger partial charge on any atom is 0.322 e. The molecule has 5 rings (SSSR count). The first-order valence-corrected chi connectivity index (χ1v) is 11.4. The van der Waals surface area contributed by atoms with E-state index < -0.39 is 18.8 Å². The molecule has 1 aliphatic heterocycles. The molecule has 2 unspecified atom stereocenters. The Balaban J connectivity index is 1.33. The van der Waals surface area contributed by atoms with Crippen LogP contribution in [0.2, 0.25) is 5.02 Å². The Morgan fingerprint density at radius 1 is 1.15 bits per heavy atom. The van der Waals surface area contributed by atoms with E-state index in [0.29, 0.717) is 11.8 Å². The summed E-state index contributed by atoms with van der Waals surface area (Å²) in [7, 11) is 0. The molecular weight excluding hydrogens is 471 g/mol. The van der Waals surface area contributed by atoms with Crippen LogP contribution in [0.5, 0.6) is 11.8 Å². The van der Waals surface area contributed by atoms with Gasteiger partial charge in [-0.2, -0.15) is 4.98 Å². The molecule has 1 N–H and O–H groups in total. The minimum Gasteiger partial charge on any atom is -0.424 e. The van der Waals surface area contributed by atoms with Crippen molar-refractivity contribution in [3.05, 3.63) is 47.1 Å². The van der Waals surface area contributed by atoms with Gasteiger partial charge in [0.1, 0.15) is 30.3 Å². The molecule has 1 aliphatic carbocycles. The molecule has 3 heterocycles. The Labute approximate surface area is 199 Å². The van der Waals surface area contributed by atoms with Crippen molar-refractivity contribution in [1.29, 1.82) is 0 Å². The van der Waals surface area contributed by atoms with Crippen LogP contribution in [0.15, 0.2) is 30.6 Å². The van der Waals surface area contributed by atoms with Crippen LogP contribution >= 0.6 is 11.6 Å². The lowest BCUT2D eigenvalue weighted by atomic mass is 9.92. The summed E-state index contributed by atoms with van der Waals surface area (Å²) in [5.74, 6) is 1.19. The van der Waals surface area contributed by atoms with E-state index in [1.54, 1.807) is 6.33 Å². The topological polar surface area (TPSA) is 81.0 Å². The predicted octanol–water partition coefficient (Wildman–Crippen LogP) is 4.55. The molecule has 2 aromatic heterocycles. The first kappa shape index (κ1) is 22.7. The number of rotatable bonds is 7. The normalized spacial score (nSPS) is 21.8. The zero-order valence-electron chi connectivity index (χ0n) is 18.3. The van der Waals surface area contributed by atoms with E-state index in [0.717, 1.165) is 54.3 Å². The average molecular weight is 494 g/mol. The molecule has 2 bridgehead atoms. The molecule has 1 aromatic carbocycles. The number of hydrogen-bond acceptors (Lipinski definition) is 7. The summed E-state index contributed by atoms with van der Waals surface area (Å²) in [6, 6.07) is 5.51. The number of alkyl halides is 2. The number of fused-ring (bicyclic) bond motifs is 2. The fourth-order valence-electron chi connectivity index (χ4n) is 4.81. The standard InChI is InChI=1S/C22H23ClF3N7O/c1-12-4-19(28-11-27-12)32-8-13-2-3-14(9-32)20(13)29-21-30-22(33(31-21)10-18(25)26)34-17-6-15(23)5-16(24)7-17/h4-7,11,13-14,18,20H,2-3,8-10H2,1H3,(H,29,31)/t13-,14?,20?/m1/s1. The molecular formula is C22H23ClF3N7O. The SMILES string of the molecule is Cc1cc(N2CC3CC[C@H](C2)C3Nc2nc(Oc3cc(F)cc(Cl)c3)n(CC(F)F)n2)ncn1. The van der Waals surface area contributed by atoms with E-state index in [1.165, 1.54) is 6.07 Å². The number of nitrogens with one attached hydrogen (secondary N) is 1. The van der Waals surface area contributed by atoms with Crippen LogP contribution in [-0.2, 0) is 6.54 Å². The maximum absolute atomic E-state index is 13.7. The number of nitrogens with zero attached hydrogens (tertiary/aromatic N) is 6. The van der Waals surface area contributed by atoms with Crippen molar-refractivity contribution in [2.75, 3.05) is 23.3 Å². The lowest BCUT2D eigenvalue weighted by molar-refractivity contribution is 0.118. The molecule has 34 heavy (non-hydrogen) atoms. The van der Waals surface area contributed by atoms with Crippen LogP contribution in [0.1, 0.15) is 18.5 Å². The monoisotopic (exact) mass is 493 g/mol. The summed E-state index contributed by atoms with van der Waals surface area (Å²) < 4.78 is 46.5. The zero-order chi connectivity index (χ0) is 23.8. The zero-order valence-corrected chi connectivity index (χ0v) is 19.1. The van der Waals surface area contributed by atoms with Crippen LogP contribution in [0.4, 0.5) is 24.9 Å². The van der Waals surface area contributed by atoms with Crippen LogP contribution in [0, 0.1) is 24.6 Å². The molecule has 0 amide bonds. The number of aromatic nitrogens is 5. The molecule has 8 nitrogen and oxygen atoms in total. The van der Waals surface area contributed by atoms with Gasteiger partial charge in [0, 0.05) is 42.0 Å². The third-order valence-electron chi connectivity index (χ3n) is 6.24. The molecule has 2 fully saturated rings. The van der Waals surface area contributed by atoms with Gasteiger partial charge >= 0.3 is 6.01 Å². The highest BCUT2D eigenvalue weighted by molar-refractivity contribution is 6.30. The van der Waals surface area contributed by atoms with Crippen molar-refractivity contribution in [3.8, 4) is 11.8 Å². The quantitative estimate of drug-likeness (QED) is 0.517. The second-order valence-corrected chi connectivity index (χ2v) is 9.13. The third-order valence-corrected chi connectivity index (χ3v) is 6.46. The van der Waals surface area contributed by atoms with Gasteiger partial charge in [-0.1, -0.05) is 11.6 Å². The molecule has 180 valence electrons. The average Bonchev–Trinajstić information content (AvgIpc) is 3.21. The van der Waals surface area contributed by atoms with Crippen molar-refractivity contribution in [3.63, 3.8) is 0 Å². The number of halogens is 4. The Morgan fingerprint density at radius 3 is 2.59 bits per heavy atom. The van der Waals surface area contributed by atoms with Gasteiger partial charge in [-0.25, -0.2) is 27.8 Å². The van der Waals surface area contributed by atoms with Gasteiger partial charge in [-0.3, -0.25) is 0 Å². The van der Waals surface area contributed by atoms with Gasteiger partial charge in [0.15, 0.2) is 0 Å². The van der Waals surface area contributed by atoms with Gasteiger partial charge in [-0.05, 0) is 43.7 Å². The number of ether oxygens (including phenoxy) is 1. The van der Waals surface area contributed by atoms with Crippen molar-refractivity contribution >= 4 is 23.4 Å². The second-order valence-electron chi connectivity index (χ2n) is 8.69. The van der Waals surface area contributed by atoms with E-state index in [2.05, 4.69) is 30.3 Å². The Kier molecular flexibility index (Phi) is 6.20. The Morgan fingerprint density at radius 2 is 1.91 bits per heavy atom. The molecule has 3 atom stereocenters. The van der Waals surface area contributed by atoms with E-state index in [-0.39, 0.29) is 28.8 Å². The summed E-state index contributed by atoms with van der Waals surface area (Å²) in [6.07, 6.45) is 0.977. The maximum atomic E-state index is 13.7. The van der Waals surface area contributed by atoms with Gasteiger partial charge in [0.05, 0.1) is 0 Å². The first-order valence-electron chi connectivity index (χ1n) is 11.0. The fraction of sp³-hybridized carbons (Fsp3) is 0.455. The second kappa shape index (κ2) is 9.28. The number of hydrogen-bond donors (Lipinski definition) is 1. The van der Waals surface area contributed by atoms with E-state index in [1.807, 2.05) is 13.0 Å². The van der Waals surface area contributed by atoms with Gasteiger partial charge in [0.25, 0.3) is 6.43 Å². The summed E-state index contributed by atoms with van der Waals surface area (Å²) in [6.45, 7) is 2.86. The largest absolute Gasteiger partial charge is 0.424 e. The van der Waals surface area contributed by atoms with Crippen molar-refractivity contribution in [1.82, 2.24) is 24.7 Å². The van der Waals surface area contributed by atoms with Crippen molar-refractivity contribution in [2.24, 2.45) is 11.8 Å². The summed E-state index contributed by atoms with van der Waals surface area (Å²) in [5, 5.41) is 7.66. The Bertz CT molecular complexity index is 1140. The summed E-state index contributed by atoms with van der Waals surface area (Å²) >= 11 is 5.87. The molecule has 0 radical (unpaired) electrons. The van der Waals surface area contributed by atoms with Gasteiger partial charge in [-0.15, -0.1) is 5.10 Å². The highest BCUT2D eigenvalue weighted by Gasteiger charge is 2.43. The minimum absolute atomic E-state index is 0.0491. The lowest BCUT2D eigenvalue weighted by Crippen LogP contribution is -2.48. The summed E-state index contributed by atoms with van der Waals surface area (Å²) in [5.41, 5.74) is 0.915. The number of anilines is 2. The number of aryl methyl sites for hydroxylation is 1. The molecule has 3 aromatic rings. The molecule has 1 saturated carbocycles. The molecule has 12 heteroatoms. The van der Waals surface area contributed by atoms with Gasteiger partial charge < -0.3 is 15.0 Å². The van der Waals surface area contributed by atoms with Crippen LogP contribution in [-0.4, -0.2) is 50.3 Å². The van der Waals surface area contributed by atoms with Crippen LogP contribution in [0.25, 0.3) is 0 Å². The number of piperidine rings is 1. The van der Waals surface area contributed by atoms with Crippen LogP contribution < -0.4 is 15.0 Å².